The second kappa shape index (κ2) is 10.5. The van der Waals surface area contributed by atoms with Gasteiger partial charge in [-0.25, -0.2) is 4.79 Å². The largest absolute Gasteiger partial charge is 0.457 e. The number of hydrogen-bond donors (Lipinski definition) is 4. The quantitative estimate of drug-likeness (QED) is 0.144. The summed E-state index contributed by atoms with van der Waals surface area (Å²) in [6.45, 7) is -0.200. The second-order valence-electron chi connectivity index (χ2n) is 9.76. The summed E-state index contributed by atoms with van der Waals surface area (Å²) in [5.74, 6) is -1.73. The number of ether oxygens (including phenoxy) is 1. The molecule has 5 aromatic rings. The molecule has 0 aliphatic heterocycles. The molecule has 0 fully saturated rings. The maximum atomic E-state index is 14.0. The van der Waals surface area contributed by atoms with Crippen molar-refractivity contribution in [3.05, 3.63) is 118 Å². The lowest BCUT2D eigenvalue weighted by molar-refractivity contribution is 0.0471. The van der Waals surface area contributed by atoms with Crippen molar-refractivity contribution in [1.82, 2.24) is 4.98 Å². The summed E-state index contributed by atoms with van der Waals surface area (Å²) >= 11 is 0. The molecule has 0 saturated carbocycles. The van der Waals surface area contributed by atoms with Crippen LogP contribution in [0.1, 0.15) is 31.8 Å². The number of nitrogens with one attached hydrogen (secondary N) is 2. The number of hydrogen-bond acceptors (Lipinski definition) is 9. The van der Waals surface area contributed by atoms with Crippen molar-refractivity contribution in [2.75, 3.05) is 5.32 Å². The molecule has 0 unspecified atom stereocenters. The zero-order chi connectivity index (χ0) is 31.4. The standard InChI is InChI=1S/C30H20N2O10S2/c33-28-18-11-5-4-10-17(18)23-25-24(28)20(31-19-12-6-7-13-21(19)43(36,37)38)14-22(44(39,40)41)27(25)32-29(34)26(23)30(35)42-15-16-8-2-1-3-9-16/h1-14,31H,15H2,(H,32,34)(H,36,37,38)(H,39,40,41). The molecular formula is C30H20N2O10S2. The van der Waals surface area contributed by atoms with Crippen molar-refractivity contribution in [1.29, 1.82) is 0 Å². The number of carbonyl (C=O) groups is 2. The van der Waals surface area contributed by atoms with Gasteiger partial charge in [-0.3, -0.25) is 18.7 Å². The molecule has 4 N–H and O–H groups in total. The molecule has 1 aliphatic rings. The smallest absolute Gasteiger partial charge is 0.344 e. The SMILES string of the molecule is O=C(OCc1ccccc1)c1c2c3c(c(Nc4ccccc4S(=O)(=O)O)cc(S(=O)(=O)O)c3[nH]c1=O)C(=O)c1ccccc1-2. The molecule has 1 aromatic heterocycles. The van der Waals surface area contributed by atoms with E-state index in [1.807, 2.05) is 0 Å². The van der Waals surface area contributed by atoms with Gasteiger partial charge >= 0.3 is 5.97 Å². The van der Waals surface area contributed by atoms with Gasteiger partial charge in [0.25, 0.3) is 25.8 Å². The fraction of sp³-hybridized carbons (Fsp3) is 0.0333. The van der Waals surface area contributed by atoms with E-state index < -0.39 is 58.4 Å². The lowest BCUT2D eigenvalue weighted by atomic mass is 9.81. The van der Waals surface area contributed by atoms with Crippen LogP contribution >= 0.6 is 0 Å². The van der Waals surface area contributed by atoms with Crippen LogP contribution in [0.15, 0.2) is 99.5 Å². The molecule has 0 radical (unpaired) electrons. The first-order valence-electron chi connectivity index (χ1n) is 12.8. The van der Waals surface area contributed by atoms with E-state index in [0.29, 0.717) is 5.56 Å². The van der Waals surface area contributed by atoms with E-state index in [-0.39, 0.29) is 45.6 Å². The van der Waals surface area contributed by atoms with Crippen LogP contribution in [-0.4, -0.2) is 42.7 Å². The zero-order valence-electron chi connectivity index (χ0n) is 22.3. The van der Waals surface area contributed by atoms with Crippen molar-refractivity contribution in [3.63, 3.8) is 0 Å². The fourth-order valence-electron chi connectivity index (χ4n) is 5.22. The van der Waals surface area contributed by atoms with Gasteiger partial charge in [0.2, 0.25) is 0 Å². The predicted octanol–water partition coefficient (Wildman–Crippen LogP) is 4.33. The van der Waals surface area contributed by atoms with Crippen LogP contribution in [0.4, 0.5) is 11.4 Å². The fourth-order valence-corrected chi connectivity index (χ4v) is 6.54. The molecule has 0 bridgehead atoms. The minimum absolute atomic E-state index is 0.0507. The first-order valence-corrected chi connectivity index (χ1v) is 15.7. The number of benzene rings is 4. The van der Waals surface area contributed by atoms with Crippen LogP contribution in [-0.2, 0) is 31.6 Å². The van der Waals surface area contributed by atoms with E-state index in [9.17, 15) is 40.3 Å². The summed E-state index contributed by atoms with van der Waals surface area (Å²) < 4.78 is 74.8. The Hall–Kier alpha value is -5.15. The maximum Gasteiger partial charge on any atom is 0.344 e. The normalized spacial score (nSPS) is 12.5. The Morgan fingerprint density at radius 2 is 1.36 bits per heavy atom. The highest BCUT2D eigenvalue weighted by molar-refractivity contribution is 7.86. The highest BCUT2D eigenvalue weighted by Gasteiger charge is 2.36. The average molecular weight is 633 g/mol. The Labute approximate surface area is 249 Å². The molecule has 1 heterocycles. The molecule has 0 saturated heterocycles. The number of carbonyl (C=O) groups excluding carboxylic acids is 2. The van der Waals surface area contributed by atoms with Crippen molar-refractivity contribution in [2.24, 2.45) is 0 Å². The van der Waals surface area contributed by atoms with E-state index in [4.69, 9.17) is 4.74 Å². The third kappa shape index (κ3) is 4.95. The van der Waals surface area contributed by atoms with Crippen LogP contribution in [0, 0.1) is 0 Å². The number of aromatic nitrogens is 1. The molecule has 0 amide bonds. The molecule has 222 valence electrons. The zero-order valence-corrected chi connectivity index (χ0v) is 23.9. The van der Waals surface area contributed by atoms with Gasteiger partial charge in [-0.1, -0.05) is 66.7 Å². The Morgan fingerprint density at radius 1 is 0.750 bits per heavy atom. The summed E-state index contributed by atoms with van der Waals surface area (Å²) in [6.07, 6.45) is 0. The lowest BCUT2D eigenvalue weighted by Gasteiger charge is -2.25. The van der Waals surface area contributed by atoms with Gasteiger partial charge in [0, 0.05) is 16.5 Å². The molecule has 6 rings (SSSR count). The van der Waals surface area contributed by atoms with Gasteiger partial charge in [0.1, 0.15) is 22.0 Å². The molecule has 0 atom stereocenters. The molecule has 0 spiro atoms. The lowest BCUT2D eigenvalue weighted by Crippen LogP contribution is -2.25. The average Bonchev–Trinajstić information content (AvgIpc) is 2.98. The molecule has 12 nitrogen and oxygen atoms in total. The Kier molecular flexibility index (Phi) is 6.93. The Balaban J connectivity index is 1.69. The van der Waals surface area contributed by atoms with Gasteiger partial charge in [0.05, 0.1) is 22.5 Å². The number of rotatable bonds is 7. The van der Waals surface area contributed by atoms with Crippen LogP contribution < -0.4 is 10.9 Å². The monoisotopic (exact) mass is 632 g/mol. The van der Waals surface area contributed by atoms with Crippen molar-refractivity contribution in [3.8, 4) is 11.1 Å². The topological polar surface area (TPSA) is 197 Å². The van der Waals surface area contributed by atoms with Gasteiger partial charge in [-0.05, 0) is 29.3 Å². The van der Waals surface area contributed by atoms with E-state index in [1.54, 1.807) is 42.5 Å². The minimum atomic E-state index is -5.10. The van der Waals surface area contributed by atoms with Crippen molar-refractivity contribution < 1.29 is 40.3 Å². The van der Waals surface area contributed by atoms with Crippen LogP contribution in [0.5, 0.6) is 0 Å². The van der Waals surface area contributed by atoms with Gasteiger partial charge in [-0.15, -0.1) is 0 Å². The van der Waals surface area contributed by atoms with Gasteiger partial charge in [0.15, 0.2) is 5.78 Å². The predicted molar refractivity (Wildman–Crippen MR) is 158 cm³/mol. The number of esters is 1. The summed E-state index contributed by atoms with van der Waals surface area (Å²) in [6, 6.07) is 20.6. The Morgan fingerprint density at radius 3 is 2.05 bits per heavy atom. The highest BCUT2D eigenvalue weighted by Crippen LogP contribution is 2.45. The van der Waals surface area contributed by atoms with Crippen LogP contribution in [0.2, 0.25) is 0 Å². The van der Waals surface area contributed by atoms with E-state index in [2.05, 4.69) is 10.3 Å². The number of aromatic amines is 1. The highest BCUT2D eigenvalue weighted by atomic mass is 32.2. The third-order valence-electron chi connectivity index (χ3n) is 7.05. The first kappa shape index (κ1) is 28.9. The Bertz CT molecular complexity index is 2310. The van der Waals surface area contributed by atoms with Crippen LogP contribution in [0.3, 0.4) is 0 Å². The van der Waals surface area contributed by atoms with Crippen LogP contribution in [0.25, 0.3) is 22.0 Å². The molecule has 44 heavy (non-hydrogen) atoms. The molecule has 1 aliphatic carbocycles. The van der Waals surface area contributed by atoms with Gasteiger partial charge in [-0.2, -0.15) is 16.8 Å². The van der Waals surface area contributed by atoms with Crippen molar-refractivity contribution >= 4 is 54.3 Å². The second-order valence-corrected chi connectivity index (χ2v) is 12.5. The number of fused-ring (bicyclic) bond motifs is 2. The van der Waals surface area contributed by atoms with E-state index in [0.717, 1.165) is 12.1 Å². The summed E-state index contributed by atoms with van der Waals surface area (Å²) in [7, 11) is -9.88. The number of ketones is 1. The third-order valence-corrected chi connectivity index (χ3v) is 8.84. The molecule has 14 heteroatoms. The number of H-pyrrole nitrogens is 1. The van der Waals surface area contributed by atoms with E-state index >= 15 is 0 Å². The molecular weight excluding hydrogens is 612 g/mol. The van der Waals surface area contributed by atoms with E-state index in [1.165, 1.54) is 30.3 Å². The minimum Gasteiger partial charge on any atom is -0.457 e. The first-order chi connectivity index (χ1) is 20.9. The van der Waals surface area contributed by atoms with Crippen molar-refractivity contribution in [2.45, 2.75) is 16.4 Å². The number of para-hydroxylation sites is 1. The summed E-state index contributed by atoms with van der Waals surface area (Å²) in [5.41, 5.74) is -2.10. The maximum absolute atomic E-state index is 14.0. The molecule has 4 aromatic carbocycles. The number of anilines is 2. The summed E-state index contributed by atoms with van der Waals surface area (Å²) in [4.78, 5) is 41.9. The summed E-state index contributed by atoms with van der Waals surface area (Å²) in [5, 5.41) is 2.49. The number of pyridine rings is 1. The van der Waals surface area contributed by atoms with Gasteiger partial charge < -0.3 is 15.0 Å².